The van der Waals surface area contributed by atoms with E-state index >= 15 is 0 Å². The van der Waals surface area contributed by atoms with Crippen LogP contribution in [0.5, 0.6) is 0 Å². The molecule has 2 N–H and O–H groups in total. The standard InChI is InChI=1S/C15H21N5O3/c1-4-19-9-12(11(3)18-19)10(2)17-14(21)6-8-20-13(15(22)23)5-7-16-20/h5,7,9-10H,4,6,8H2,1-3H3,(H,17,21)(H,22,23). The van der Waals surface area contributed by atoms with Crippen LogP contribution in [0.1, 0.15) is 48.1 Å². The summed E-state index contributed by atoms with van der Waals surface area (Å²) in [4.78, 5) is 23.1. The van der Waals surface area contributed by atoms with Crippen molar-refractivity contribution in [2.45, 2.75) is 46.3 Å². The van der Waals surface area contributed by atoms with E-state index in [1.165, 1.54) is 16.9 Å². The van der Waals surface area contributed by atoms with E-state index in [0.717, 1.165) is 17.8 Å². The molecule has 1 unspecified atom stereocenters. The monoisotopic (exact) mass is 319 g/mol. The molecule has 1 atom stereocenters. The lowest BCUT2D eigenvalue weighted by Crippen LogP contribution is -2.28. The van der Waals surface area contributed by atoms with Crippen LogP contribution in [0.3, 0.4) is 0 Å². The molecule has 0 aliphatic carbocycles. The van der Waals surface area contributed by atoms with Crippen molar-refractivity contribution in [1.29, 1.82) is 0 Å². The number of aromatic carboxylic acids is 1. The van der Waals surface area contributed by atoms with Gasteiger partial charge in [0.1, 0.15) is 5.69 Å². The lowest BCUT2D eigenvalue weighted by atomic mass is 10.1. The summed E-state index contributed by atoms with van der Waals surface area (Å²) in [5, 5.41) is 20.2. The molecule has 2 aromatic heterocycles. The van der Waals surface area contributed by atoms with Gasteiger partial charge >= 0.3 is 5.97 Å². The van der Waals surface area contributed by atoms with E-state index in [0.29, 0.717) is 0 Å². The molecule has 0 fully saturated rings. The Balaban J connectivity index is 1.92. The largest absolute Gasteiger partial charge is 0.477 e. The summed E-state index contributed by atoms with van der Waals surface area (Å²) < 4.78 is 3.14. The maximum absolute atomic E-state index is 12.1. The second-order valence-corrected chi connectivity index (χ2v) is 5.31. The summed E-state index contributed by atoms with van der Waals surface area (Å²) in [6, 6.07) is 1.25. The highest BCUT2D eigenvalue weighted by Gasteiger charge is 2.16. The molecule has 2 heterocycles. The third-order valence-corrected chi connectivity index (χ3v) is 3.64. The van der Waals surface area contributed by atoms with Crippen molar-refractivity contribution in [2.24, 2.45) is 0 Å². The minimum atomic E-state index is -1.06. The highest BCUT2D eigenvalue weighted by molar-refractivity contribution is 5.85. The number of rotatable bonds is 7. The Bertz CT molecular complexity index is 704. The van der Waals surface area contributed by atoms with Crippen LogP contribution in [-0.4, -0.2) is 36.5 Å². The van der Waals surface area contributed by atoms with Gasteiger partial charge in [0.25, 0.3) is 0 Å². The van der Waals surface area contributed by atoms with Gasteiger partial charge in [0, 0.05) is 30.9 Å². The molecule has 0 bridgehead atoms. The maximum atomic E-state index is 12.1. The number of carboxylic acid groups (broad SMARTS) is 1. The van der Waals surface area contributed by atoms with Crippen LogP contribution in [0, 0.1) is 6.92 Å². The van der Waals surface area contributed by atoms with Gasteiger partial charge in [0.2, 0.25) is 5.91 Å². The molecule has 124 valence electrons. The van der Waals surface area contributed by atoms with Crippen molar-refractivity contribution in [1.82, 2.24) is 24.9 Å². The number of hydrogen-bond donors (Lipinski definition) is 2. The number of nitrogens with zero attached hydrogens (tertiary/aromatic N) is 4. The van der Waals surface area contributed by atoms with Gasteiger partial charge in [-0.05, 0) is 26.8 Å². The SMILES string of the molecule is CCn1cc(C(C)NC(=O)CCn2nccc2C(=O)O)c(C)n1. The first-order valence-corrected chi connectivity index (χ1v) is 7.50. The summed E-state index contributed by atoms with van der Waals surface area (Å²) in [6.45, 7) is 6.81. The van der Waals surface area contributed by atoms with E-state index in [9.17, 15) is 9.59 Å². The molecule has 0 spiro atoms. The van der Waals surface area contributed by atoms with Crippen LogP contribution in [0.2, 0.25) is 0 Å². The Hall–Kier alpha value is -2.64. The van der Waals surface area contributed by atoms with Gasteiger partial charge in [0.15, 0.2) is 0 Å². The Morgan fingerprint density at radius 3 is 2.78 bits per heavy atom. The molecule has 8 heteroatoms. The van der Waals surface area contributed by atoms with Crippen LogP contribution in [0.25, 0.3) is 0 Å². The van der Waals surface area contributed by atoms with Crippen molar-refractivity contribution in [3.05, 3.63) is 35.4 Å². The Kier molecular flexibility index (Phi) is 5.15. The number of amides is 1. The zero-order valence-corrected chi connectivity index (χ0v) is 13.5. The smallest absolute Gasteiger partial charge is 0.354 e. The number of nitrogens with one attached hydrogen (secondary N) is 1. The van der Waals surface area contributed by atoms with Crippen molar-refractivity contribution in [2.75, 3.05) is 0 Å². The number of carbonyl (C=O) groups is 2. The van der Waals surface area contributed by atoms with Gasteiger partial charge < -0.3 is 10.4 Å². The molecule has 0 saturated carbocycles. The molecule has 1 amide bonds. The van der Waals surface area contributed by atoms with Crippen molar-refractivity contribution >= 4 is 11.9 Å². The Morgan fingerprint density at radius 2 is 2.17 bits per heavy atom. The maximum Gasteiger partial charge on any atom is 0.354 e. The molecule has 2 aromatic rings. The van der Waals surface area contributed by atoms with Gasteiger partial charge in [-0.1, -0.05) is 0 Å². The summed E-state index contributed by atoms with van der Waals surface area (Å²) in [7, 11) is 0. The van der Waals surface area contributed by atoms with Crippen molar-refractivity contribution < 1.29 is 14.7 Å². The van der Waals surface area contributed by atoms with Gasteiger partial charge in [-0.2, -0.15) is 10.2 Å². The summed E-state index contributed by atoms with van der Waals surface area (Å²) in [6.07, 6.45) is 3.50. The zero-order valence-electron chi connectivity index (χ0n) is 13.5. The number of hydrogen-bond acceptors (Lipinski definition) is 4. The van der Waals surface area contributed by atoms with E-state index < -0.39 is 5.97 Å². The molecule has 23 heavy (non-hydrogen) atoms. The quantitative estimate of drug-likeness (QED) is 0.802. The van der Waals surface area contributed by atoms with Crippen LogP contribution in [-0.2, 0) is 17.9 Å². The molecular weight excluding hydrogens is 298 g/mol. The molecule has 0 aliphatic heterocycles. The van der Waals surface area contributed by atoms with Crippen LogP contribution in [0.15, 0.2) is 18.5 Å². The molecule has 8 nitrogen and oxygen atoms in total. The predicted octanol–water partition coefficient (Wildman–Crippen LogP) is 1.37. The lowest BCUT2D eigenvalue weighted by Gasteiger charge is -2.13. The average Bonchev–Trinajstić information content (AvgIpc) is 3.11. The van der Waals surface area contributed by atoms with Gasteiger partial charge in [-0.25, -0.2) is 4.79 Å². The third kappa shape index (κ3) is 3.97. The van der Waals surface area contributed by atoms with Gasteiger partial charge in [-0.15, -0.1) is 0 Å². The molecule has 0 aliphatic rings. The first-order chi connectivity index (χ1) is 10.9. The minimum Gasteiger partial charge on any atom is -0.477 e. The summed E-state index contributed by atoms with van der Waals surface area (Å²) in [5.74, 6) is -1.22. The summed E-state index contributed by atoms with van der Waals surface area (Å²) in [5.41, 5.74) is 1.94. The van der Waals surface area contributed by atoms with Crippen LogP contribution < -0.4 is 5.32 Å². The normalized spacial score (nSPS) is 12.1. The minimum absolute atomic E-state index is 0.0749. The first kappa shape index (κ1) is 16.7. The average molecular weight is 319 g/mol. The molecular formula is C15H21N5O3. The number of carbonyl (C=O) groups excluding carboxylic acids is 1. The predicted molar refractivity (Wildman–Crippen MR) is 83.0 cm³/mol. The van der Waals surface area contributed by atoms with Gasteiger partial charge in [0.05, 0.1) is 18.3 Å². The van der Waals surface area contributed by atoms with Crippen LogP contribution in [0.4, 0.5) is 0 Å². The highest BCUT2D eigenvalue weighted by atomic mass is 16.4. The lowest BCUT2D eigenvalue weighted by molar-refractivity contribution is -0.122. The zero-order chi connectivity index (χ0) is 17.0. The Morgan fingerprint density at radius 1 is 1.43 bits per heavy atom. The van der Waals surface area contributed by atoms with E-state index in [1.807, 2.05) is 31.6 Å². The van der Waals surface area contributed by atoms with Crippen molar-refractivity contribution in [3.63, 3.8) is 0 Å². The van der Waals surface area contributed by atoms with E-state index in [1.54, 1.807) is 0 Å². The fraction of sp³-hybridized carbons (Fsp3) is 0.467. The number of aromatic nitrogens is 4. The van der Waals surface area contributed by atoms with E-state index in [4.69, 9.17) is 5.11 Å². The molecule has 0 radical (unpaired) electrons. The fourth-order valence-corrected chi connectivity index (χ4v) is 2.41. The second-order valence-electron chi connectivity index (χ2n) is 5.31. The highest BCUT2D eigenvalue weighted by Crippen LogP contribution is 2.16. The topological polar surface area (TPSA) is 102 Å². The Labute approximate surface area is 134 Å². The number of carboxylic acids is 1. The molecule has 2 rings (SSSR count). The van der Waals surface area contributed by atoms with Gasteiger partial charge in [-0.3, -0.25) is 14.2 Å². The van der Waals surface area contributed by atoms with E-state index in [2.05, 4.69) is 15.5 Å². The fourth-order valence-electron chi connectivity index (χ4n) is 2.41. The summed E-state index contributed by atoms with van der Waals surface area (Å²) >= 11 is 0. The number of aryl methyl sites for hydroxylation is 3. The second kappa shape index (κ2) is 7.08. The molecule has 0 aromatic carbocycles. The van der Waals surface area contributed by atoms with Crippen LogP contribution >= 0.6 is 0 Å². The van der Waals surface area contributed by atoms with Crippen molar-refractivity contribution in [3.8, 4) is 0 Å². The van der Waals surface area contributed by atoms with E-state index in [-0.39, 0.29) is 30.6 Å². The first-order valence-electron chi connectivity index (χ1n) is 7.50. The third-order valence-electron chi connectivity index (χ3n) is 3.64. The molecule has 0 saturated heterocycles.